The van der Waals surface area contributed by atoms with Crippen molar-refractivity contribution < 1.29 is 19.0 Å². The van der Waals surface area contributed by atoms with Crippen LogP contribution in [0.1, 0.15) is 16.1 Å². The average molecular weight is 339 g/mol. The quantitative estimate of drug-likeness (QED) is 0.675. The first-order valence-electron chi connectivity index (χ1n) is 7.36. The summed E-state index contributed by atoms with van der Waals surface area (Å²) in [4.78, 5) is 16.5. The molecule has 0 N–H and O–H groups in total. The molecule has 2 aromatic carbocycles. The van der Waals surface area contributed by atoms with Crippen molar-refractivity contribution >= 4 is 17.3 Å². The molecular formula is C18H13NO4S. The Hall–Kier alpha value is -2.86. The van der Waals surface area contributed by atoms with Crippen LogP contribution in [0.5, 0.6) is 11.5 Å². The molecule has 0 amide bonds. The number of esters is 1. The molecule has 0 saturated carbocycles. The van der Waals surface area contributed by atoms with Crippen molar-refractivity contribution in [1.82, 2.24) is 4.98 Å². The van der Waals surface area contributed by atoms with E-state index in [1.807, 2.05) is 48.5 Å². The summed E-state index contributed by atoms with van der Waals surface area (Å²) in [5.41, 5.74) is 2.13. The third kappa shape index (κ3) is 2.96. The van der Waals surface area contributed by atoms with Crippen molar-refractivity contribution in [2.75, 3.05) is 6.79 Å². The summed E-state index contributed by atoms with van der Waals surface area (Å²) in [5.74, 6) is 0.982. The molecule has 24 heavy (non-hydrogen) atoms. The van der Waals surface area contributed by atoms with Gasteiger partial charge in [0.25, 0.3) is 0 Å². The fourth-order valence-corrected chi connectivity index (χ4v) is 3.11. The maximum atomic E-state index is 12.1. The lowest BCUT2D eigenvalue weighted by molar-refractivity contribution is 0.0467. The molecule has 5 nitrogen and oxygen atoms in total. The highest BCUT2D eigenvalue weighted by atomic mass is 32.1. The highest BCUT2D eigenvalue weighted by Crippen LogP contribution is 2.36. The van der Waals surface area contributed by atoms with E-state index in [1.54, 1.807) is 5.38 Å². The number of aromatic nitrogens is 1. The van der Waals surface area contributed by atoms with Gasteiger partial charge in [-0.1, -0.05) is 30.3 Å². The number of thiazole rings is 1. The standard InChI is InChI=1S/C18H13NO4S/c20-18(21-9-12-4-2-1-3-5-12)14-10-24-17(19-14)13-6-7-15-16(8-13)23-11-22-15/h1-8,10H,9,11H2. The highest BCUT2D eigenvalue weighted by Gasteiger charge is 2.17. The number of carbonyl (C=O) groups excluding carboxylic acids is 1. The molecule has 0 atom stereocenters. The molecule has 0 spiro atoms. The SMILES string of the molecule is O=C(OCc1ccccc1)c1csc(-c2ccc3c(c2)OCO3)n1. The van der Waals surface area contributed by atoms with Crippen molar-refractivity contribution in [2.45, 2.75) is 6.61 Å². The first-order chi connectivity index (χ1) is 11.8. The number of nitrogens with zero attached hydrogens (tertiary/aromatic N) is 1. The van der Waals surface area contributed by atoms with Gasteiger partial charge in [0.2, 0.25) is 6.79 Å². The molecule has 3 aromatic rings. The largest absolute Gasteiger partial charge is 0.456 e. The van der Waals surface area contributed by atoms with Gasteiger partial charge in [-0.05, 0) is 23.8 Å². The van der Waals surface area contributed by atoms with Crippen LogP contribution in [-0.2, 0) is 11.3 Å². The molecule has 1 aromatic heterocycles. The molecule has 0 saturated heterocycles. The third-order valence-electron chi connectivity index (χ3n) is 3.55. The van der Waals surface area contributed by atoms with Crippen LogP contribution in [0.2, 0.25) is 0 Å². The fraction of sp³-hybridized carbons (Fsp3) is 0.111. The number of fused-ring (bicyclic) bond motifs is 1. The maximum Gasteiger partial charge on any atom is 0.358 e. The molecule has 0 unspecified atom stereocenters. The second kappa shape index (κ2) is 6.33. The van der Waals surface area contributed by atoms with Crippen molar-refractivity contribution in [3.63, 3.8) is 0 Å². The monoisotopic (exact) mass is 339 g/mol. The van der Waals surface area contributed by atoms with Crippen LogP contribution < -0.4 is 9.47 Å². The normalized spacial score (nSPS) is 12.2. The number of ether oxygens (including phenoxy) is 3. The average Bonchev–Trinajstić information content (AvgIpc) is 3.29. The Bertz CT molecular complexity index is 876. The van der Waals surface area contributed by atoms with Gasteiger partial charge in [0.1, 0.15) is 11.6 Å². The summed E-state index contributed by atoms with van der Waals surface area (Å²) < 4.78 is 16.0. The summed E-state index contributed by atoms with van der Waals surface area (Å²) >= 11 is 1.39. The number of benzene rings is 2. The van der Waals surface area contributed by atoms with Crippen molar-refractivity contribution in [3.8, 4) is 22.1 Å². The zero-order valence-electron chi connectivity index (χ0n) is 12.6. The van der Waals surface area contributed by atoms with Gasteiger partial charge in [-0.2, -0.15) is 0 Å². The Morgan fingerprint density at radius 3 is 2.83 bits per heavy atom. The minimum absolute atomic E-state index is 0.230. The lowest BCUT2D eigenvalue weighted by atomic mass is 10.2. The second-order valence-corrected chi connectivity index (χ2v) is 6.03. The predicted molar refractivity (Wildman–Crippen MR) is 89.2 cm³/mol. The molecule has 0 aliphatic carbocycles. The first-order valence-corrected chi connectivity index (χ1v) is 8.24. The lowest BCUT2D eigenvalue weighted by Gasteiger charge is -2.02. The minimum Gasteiger partial charge on any atom is -0.456 e. The minimum atomic E-state index is -0.429. The molecule has 0 fully saturated rings. The summed E-state index contributed by atoms with van der Waals surface area (Å²) in [6, 6.07) is 15.1. The van der Waals surface area contributed by atoms with E-state index in [9.17, 15) is 4.79 Å². The Labute approximate surface area is 142 Å². The molecular weight excluding hydrogens is 326 g/mol. The van der Waals surface area contributed by atoms with E-state index in [2.05, 4.69) is 4.98 Å². The smallest absolute Gasteiger partial charge is 0.358 e. The number of hydrogen-bond acceptors (Lipinski definition) is 6. The molecule has 1 aliphatic heterocycles. The molecule has 6 heteroatoms. The Kier molecular flexibility index (Phi) is 3.88. The van der Waals surface area contributed by atoms with Gasteiger partial charge in [0.15, 0.2) is 17.2 Å². The molecule has 0 bridgehead atoms. The van der Waals surface area contributed by atoms with E-state index >= 15 is 0 Å². The number of carbonyl (C=O) groups is 1. The van der Waals surface area contributed by atoms with E-state index < -0.39 is 5.97 Å². The van der Waals surface area contributed by atoms with Crippen LogP contribution in [-0.4, -0.2) is 17.7 Å². The zero-order valence-corrected chi connectivity index (χ0v) is 13.4. The van der Waals surface area contributed by atoms with E-state index in [0.717, 1.165) is 21.9 Å². The van der Waals surface area contributed by atoms with Gasteiger partial charge in [0.05, 0.1) is 0 Å². The van der Waals surface area contributed by atoms with Gasteiger partial charge >= 0.3 is 5.97 Å². The van der Waals surface area contributed by atoms with Gasteiger partial charge < -0.3 is 14.2 Å². The van der Waals surface area contributed by atoms with Crippen LogP contribution in [0.25, 0.3) is 10.6 Å². The predicted octanol–water partition coefficient (Wildman–Crippen LogP) is 3.90. The molecule has 4 rings (SSSR count). The maximum absolute atomic E-state index is 12.1. The fourth-order valence-electron chi connectivity index (χ4n) is 2.33. The summed E-state index contributed by atoms with van der Waals surface area (Å²) in [6.07, 6.45) is 0. The van der Waals surface area contributed by atoms with Crippen LogP contribution in [0.3, 0.4) is 0 Å². The first kappa shape index (κ1) is 14.7. The molecule has 0 radical (unpaired) electrons. The van der Waals surface area contributed by atoms with Crippen LogP contribution in [0.15, 0.2) is 53.9 Å². The second-order valence-electron chi connectivity index (χ2n) is 5.17. The Morgan fingerprint density at radius 1 is 1.12 bits per heavy atom. The molecule has 2 heterocycles. The Morgan fingerprint density at radius 2 is 1.96 bits per heavy atom. The summed E-state index contributed by atoms with van der Waals surface area (Å²) in [5, 5.41) is 2.44. The van der Waals surface area contributed by atoms with E-state index in [4.69, 9.17) is 14.2 Å². The highest BCUT2D eigenvalue weighted by molar-refractivity contribution is 7.13. The van der Waals surface area contributed by atoms with Crippen LogP contribution >= 0.6 is 11.3 Å². The lowest BCUT2D eigenvalue weighted by Crippen LogP contribution is -2.05. The van der Waals surface area contributed by atoms with Gasteiger partial charge in [0, 0.05) is 10.9 Å². The van der Waals surface area contributed by atoms with Crippen molar-refractivity contribution in [1.29, 1.82) is 0 Å². The van der Waals surface area contributed by atoms with Gasteiger partial charge in [-0.15, -0.1) is 11.3 Å². The Balaban J connectivity index is 1.47. The van der Waals surface area contributed by atoms with E-state index in [-0.39, 0.29) is 13.4 Å². The third-order valence-corrected chi connectivity index (χ3v) is 4.44. The van der Waals surface area contributed by atoms with Gasteiger partial charge in [-0.25, -0.2) is 9.78 Å². The van der Waals surface area contributed by atoms with E-state index in [1.165, 1.54) is 11.3 Å². The van der Waals surface area contributed by atoms with E-state index in [0.29, 0.717) is 11.4 Å². The molecule has 120 valence electrons. The van der Waals surface area contributed by atoms with Crippen molar-refractivity contribution in [3.05, 3.63) is 65.2 Å². The summed E-state index contributed by atoms with van der Waals surface area (Å²) in [6.45, 7) is 0.463. The zero-order chi connectivity index (χ0) is 16.4. The number of hydrogen-bond donors (Lipinski definition) is 0. The topological polar surface area (TPSA) is 57.7 Å². The van der Waals surface area contributed by atoms with Crippen LogP contribution in [0.4, 0.5) is 0 Å². The van der Waals surface area contributed by atoms with Crippen LogP contribution in [0, 0.1) is 0 Å². The number of rotatable bonds is 4. The summed E-state index contributed by atoms with van der Waals surface area (Å²) in [7, 11) is 0. The molecule has 1 aliphatic rings. The van der Waals surface area contributed by atoms with Gasteiger partial charge in [-0.3, -0.25) is 0 Å². The van der Waals surface area contributed by atoms with Crippen molar-refractivity contribution in [2.24, 2.45) is 0 Å².